The molecule has 1 fully saturated rings. The highest BCUT2D eigenvalue weighted by molar-refractivity contribution is 6.33. The molecule has 4 rings (SSSR count). The fourth-order valence-corrected chi connectivity index (χ4v) is 5.66. The fourth-order valence-electron chi connectivity index (χ4n) is 5.37. The first-order valence-corrected chi connectivity index (χ1v) is 14.1. The molecule has 1 saturated heterocycles. The third-order valence-corrected chi connectivity index (χ3v) is 7.87. The minimum absolute atomic E-state index is 0.0951. The molecule has 0 bridgehead atoms. The van der Waals surface area contributed by atoms with Crippen LogP contribution in [0.2, 0.25) is 5.02 Å². The zero-order valence-corrected chi connectivity index (χ0v) is 23.6. The second kappa shape index (κ2) is 13.6. The molecule has 39 heavy (non-hydrogen) atoms. The Balaban J connectivity index is 1.72. The average molecular weight is 551 g/mol. The predicted octanol–water partition coefficient (Wildman–Crippen LogP) is 5.57. The summed E-state index contributed by atoms with van der Waals surface area (Å²) in [4.78, 5) is 15.3. The number of halogens is 1. The van der Waals surface area contributed by atoms with Gasteiger partial charge in [-0.1, -0.05) is 67.1 Å². The lowest BCUT2D eigenvalue weighted by molar-refractivity contribution is -0.146. The van der Waals surface area contributed by atoms with E-state index in [1.54, 1.807) is 18.1 Å². The van der Waals surface area contributed by atoms with Gasteiger partial charge in [-0.15, -0.1) is 0 Å². The molecule has 0 aromatic heterocycles. The Hall–Kier alpha value is -2.74. The Labute approximate surface area is 236 Å². The first-order valence-electron chi connectivity index (χ1n) is 13.7. The van der Waals surface area contributed by atoms with E-state index in [1.165, 1.54) is 5.56 Å². The third kappa shape index (κ3) is 6.71. The largest absolute Gasteiger partial charge is 0.385 e. The van der Waals surface area contributed by atoms with Crippen LogP contribution in [0.5, 0.6) is 0 Å². The molecule has 2 atom stereocenters. The lowest BCUT2D eigenvalue weighted by Gasteiger charge is -2.43. The van der Waals surface area contributed by atoms with E-state index in [2.05, 4.69) is 19.1 Å². The van der Waals surface area contributed by atoms with Gasteiger partial charge in [0.15, 0.2) is 0 Å². The van der Waals surface area contributed by atoms with Gasteiger partial charge in [-0.3, -0.25) is 4.79 Å². The normalized spacial score (nSPS) is 17.2. The molecule has 3 N–H and O–H groups in total. The summed E-state index contributed by atoms with van der Waals surface area (Å²) in [5, 5.41) is 13.1. The Morgan fingerprint density at radius 2 is 1.90 bits per heavy atom. The van der Waals surface area contributed by atoms with E-state index in [1.807, 2.05) is 48.5 Å². The number of aliphatic hydroxyl groups is 1. The highest BCUT2D eigenvalue weighted by Gasteiger charge is 2.44. The molecule has 6 nitrogen and oxygen atoms in total. The van der Waals surface area contributed by atoms with E-state index in [9.17, 15) is 9.90 Å². The molecule has 0 saturated carbocycles. The highest BCUT2D eigenvalue weighted by atomic mass is 35.5. The number of methoxy groups -OCH3 is 1. The van der Waals surface area contributed by atoms with E-state index in [4.69, 9.17) is 26.8 Å². The number of rotatable bonds is 11. The number of morpholine rings is 1. The summed E-state index contributed by atoms with van der Waals surface area (Å²) in [6.45, 7) is 4.11. The van der Waals surface area contributed by atoms with Crippen molar-refractivity contribution < 1.29 is 19.4 Å². The lowest BCUT2D eigenvalue weighted by Crippen LogP contribution is -2.54. The number of nitrogens with zero attached hydrogens (tertiary/aromatic N) is 1. The number of carbonyl (C=O) groups excluding carboxylic acids is 1. The van der Waals surface area contributed by atoms with Crippen molar-refractivity contribution in [3.05, 3.63) is 94.0 Å². The van der Waals surface area contributed by atoms with Crippen LogP contribution in [0.3, 0.4) is 0 Å². The first kappa shape index (κ1) is 29.2. The van der Waals surface area contributed by atoms with Crippen LogP contribution >= 0.6 is 11.6 Å². The van der Waals surface area contributed by atoms with E-state index < -0.39 is 11.7 Å². The van der Waals surface area contributed by atoms with Crippen LogP contribution in [0.4, 0.5) is 0 Å². The number of aryl methyl sites for hydroxylation is 1. The summed E-state index contributed by atoms with van der Waals surface area (Å²) in [6, 6.07) is 21.3. The summed E-state index contributed by atoms with van der Waals surface area (Å²) in [7, 11) is 1.68. The monoisotopic (exact) mass is 550 g/mol. The summed E-state index contributed by atoms with van der Waals surface area (Å²) in [6.07, 6.45) is 2.20. The molecule has 7 heteroatoms. The van der Waals surface area contributed by atoms with E-state index in [0.717, 1.165) is 36.0 Å². The zero-order chi connectivity index (χ0) is 27.8. The molecule has 1 heterocycles. The average Bonchev–Trinajstić information content (AvgIpc) is 2.98. The van der Waals surface area contributed by atoms with Crippen LogP contribution in [0, 0.1) is 0 Å². The van der Waals surface area contributed by atoms with Gasteiger partial charge in [0.05, 0.1) is 13.2 Å². The number of ether oxygens (including phenoxy) is 2. The van der Waals surface area contributed by atoms with E-state index >= 15 is 0 Å². The van der Waals surface area contributed by atoms with Crippen molar-refractivity contribution in [2.75, 3.05) is 33.4 Å². The Morgan fingerprint density at radius 1 is 1.13 bits per heavy atom. The quantitative estimate of drug-likeness (QED) is 0.305. The smallest absolute Gasteiger partial charge is 0.254 e. The predicted molar refractivity (Wildman–Crippen MR) is 156 cm³/mol. The van der Waals surface area contributed by atoms with Crippen LogP contribution in [-0.2, 0) is 28.0 Å². The van der Waals surface area contributed by atoms with Gasteiger partial charge in [0, 0.05) is 43.0 Å². The van der Waals surface area contributed by atoms with Gasteiger partial charge in [-0.05, 0) is 66.1 Å². The Bertz CT molecular complexity index is 1270. The van der Waals surface area contributed by atoms with Crippen molar-refractivity contribution in [2.45, 2.75) is 50.9 Å². The zero-order valence-electron chi connectivity index (χ0n) is 22.9. The minimum atomic E-state index is -1.38. The van der Waals surface area contributed by atoms with Crippen LogP contribution < -0.4 is 5.73 Å². The van der Waals surface area contributed by atoms with Crippen LogP contribution in [0.25, 0.3) is 11.1 Å². The number of amides is 1. The molecule has 2 unspecified atom stereocenters. The molecule has 0 spiro atoms. The maximum absolute atomic E-state index is 13.5. The molecule has 1 amide bonds. The topological polar surface area (TPSA) is 85.0 Å². The molecule has 0 radical (unpaired) electrons. The van der Waals surface area contributed by atoms with Crippen LogP contribution in [0.1, 0.15) is 53.2 Å². The number of hydrogen-bond acceptors (Lipinski definition) is 5. The number of carbonyl (C=O) groups is 1. The second-order valence-corrected chi connectivity index (χ2v) is 10.5. The molecule has 208 valence electrons. The highest BCUT2D eigenvalue weighted by Crippen LogP contribution is 2.43. The molecule has 3 aromatic rings. The van der Waals surface area contributed by atoms with Gasteiger partial charge in [-0.2, -0.15) is 0 Å². The second-order valence-electron chi connectivity index (χ2n) is 10.1. The van der Waals surface area contributed by atoms with Gasteiger partial charge in [0.1, 0.15) is 11.7 Å². The summed E-state index contributed by atoms with van der Waals surface area (Å²) >= 11 is 6.83. The van der Waals surface area contributed by atoms with Crippen molar-refractivity contribution in [1.82, 2.24) is 4.90 Å². The van der Waals surface area contributed by atoms with Crippen molar-refractivity contribution in [2.24, 2.45) is 5.73 Å². The summed E-state index contributed by atoms with van der Waals surface area (Å²) in [5.41, 5.74) is 9.56. The fraction of sp³-hybridized carbons (Fsp3) is 0.406. The lowest BCUT2D eigenvalue weighted by atomic mass is 9.78. The SMILES string of the molecule is CCc1cccc(-c2c(Cl)cccc2C(O)(CCCCOC)C2CN(C(=O)c3cccc(CN)c3)CCO2)c1. The van der Waals surface area contributed by atoms with Crippen molar-refractivity contribution in [1.29, 1.82) is 0 Å². The maximum Gasteiger partial charge on any atom is 0.254 e. The third-order valence-electron chi connectivity index (χ3n) is 7.56. The van der Waals surface area contributed by atoms with Gasteiger partial charge < -0.3 is 25.2 Å². The molecular weight excluding hydrogens is 512 g/mol. The Kier molecular flexibility index (Phi) is 10.2. The number of unbranched alkanes of at least 4 members (excludes halogenated alkanes) is 1. The number of nitrogens with two attached hydrogens (primary N) is 1. The molecular formula is C32H39ClN2O4. The van der Waals surface area contributed by atoms with Crippen LogP contribution in [0.15, 0.2) is 66.7 Å². The maximum atomic E-state index is 13.5. The van der Waals surface area contributed by atoms with Crippen molar-refractivity contribution in [3.8, 4) is 11.1 Å². The number of benzene rings is 3. The number of hydrogen-bond donors (Lipinski definition) is 2. The van der Waals surface area contributed by atoms with Crippen molar-refractivity contribution in [3.63, 3.8) is 0 Å². The van der Waals surface area contributed by atoms with Gasteiger partial charge in [-0.25, -0.2) is 0 Å². The van der Waals surface area contributed by atoms with Crippen molar-refractivity contribution >= 4 is 17.5 Å². The first-order chi connectivity index (χ1) is 18.9. The molecule has 0 aliphatic carbocycles. The van der Waals surface area contributed by atoms with E-state index in [0.29, 0.717) is 48.9 Å². The summed E-state index contributed by atoms with van der Waals surface area (Å²) < 4.78 is 11.5. The van der Waals surface area contributed by atoms with Gasteiger partial charge in [0.25, 0.3) is 5.91 Å². The van der Waals surface area contributed by atoms with E-state index in [-0.39, 0.29) is 12.5 Å². The Morgan fingerprint density at radius 3 is 2.67 bits per heavy atom. The standard InChI is InChI=1S/C32H39ClN2O4/c1-3-23-9-6-11-25(19-23)30-27(13-8-14-28(30)33)32(37,15-4-5-17-38-2)29-22-35(16-18-39-29)31(36)26-12-7-10-24(20-26)21-34/h6-14,19-20,29,37H,3-5,15-18,21-22,34H2,1-2H3. The van der Waals surface area contributed by atoms with Gasteiger partial charge in [0.2, 0.25) is 0 Å². The van der Waals surface area contributed by atoms with Crippen LogP contribution in [-0.4, -0.2) is 55.4 Å². The summed E-state index contributed by atoms with van der Waals surface area (Å²) in [5.74, 6) is -0.0951. The molecule has 1 aliphatic rings. The van der Waals surface area contributed by atoms with Gasteiger partial charge >= 0.3 is 0 Å². The minimum Gasteiger partial charge on any atom is -0.385 e. The molecule has 3 aromatic carbocycles. The molecule has 1 aliphatic heterocycles.